The van der Waals surface area contributed by atoms with Crippen LogP contribution in [-0.4, -0.2) is 29.3 Å². The van der Waals surface area contributed by atoms with Crippen molar-refractivity contribution in [3.63, 3.8) is 0 Å². The summed E-state index contributed by atoms with van der Waals surface area (Å²) in [7, 11) is 1.79. The van der Waals surface area contributed by atoms with E-state index in [1.807, 2.05) is 24.3 Å². The highest BCUT2D eigenvalue weighted by Gasteiger charge is 2.38. The summed E-state index contributed by atoms with van der Waals surface area (Å²) >= 11 is 0. The maximum atomic E-state index is 12.6. The molecule has 1 fully saturated rings. The molecule has 1 saturated heterocycles. The van der Waals surface area contributed by atoms with Crippen molar-refractivity contribution in [3.05, 3.63) is 72.2 Å². The van der Waals surface area contributed by atoms with Crippen LogP contribution in [0.3, 0.4) is 0 Å². The summed E-state index contributed by atoms with van der Waals surface area (Å²) in [6, 6.07) is 18.4. The minimum Gasteiger partial charge on any atom is -0.467 e. The SMILES string of the molecule is CN(Cc1ccco1)C(=O)CC[C@@]1(Cc2ccc3ccccc3c2)CCC(=O)N1. The Morgan fingerprint density at radius 1 is 1.14 bits per heavy atom. The third kappa shape index (κ3) is 4.50. The summed E-state index contributed by atoms with van der Waals surface area (Å²) in [5.41, 5.74) is 0.822. The molecule has 2 aromatic carbocycles. The van der Waals surface area contributed by atoms with E-state index in [-0.39, 0.29) is 17.4 Å². The lowest BCUT2D eigenvalue weighted by Gasteiger charge is -2.30. The van der Waals surface area contributed by atoms with Crippen LogP contribution in [0.2, 0.25) is 0 Å². The maximum absolute atomic E-state index is 12.6. The van der Waals surface area contributed by atoms with Gasteiger partial charge in [0, 0.05) is 25.4 Å². The van der Waals surface area contributed by atoms with Crippen molar-refractivity contribution in [3.8, 4) is 0 Å². The fourth-order valence-corrected chi connectivity index (χ4v) is 4.18. The second-order valence-corrected chi connectivity index (χ2v) is 8.02. The Labute approximate surface area is 170 Å². The summed E-state index contributed by atoms with van der Waals surface area (Å²) in [5.74, 6) is 0.892. The van der Waals surface area contributed by atoms with Crippen molar-refractivity contribution in [2.75, 3.05) is 7.05 Å². The van der Waals surface area contributed by atoms with E-state index in [1.165, 1.54) is 16.3 Å². The molecule has 5 nitrogen and oxygen atoms in total. The number of rotatable bonds is 7. The summed E-state index contributed by atoms with van der Waals surface area (Å²) in [4.78, 5) is 26.4. The molecule has 1 N–H and O–H groups in total. The summed E-state index contributed by atoms with van der Waals surface area (Å²) in [6.45, 7) is 0.454. The average molecular weight is 390 g/mol. The van der Waals surface area contributed by atoms with Gasteiger partial charge in [-0.2, -0.15) is 0 Å². The van der Waals surface area contributed by atoms with Crippen LogP contribution in [0.25, 0.3) is 10.8 Å². The van der Waals surface area contributed by atoms with Crippen molar-refractivity contribution in [1.82, 2.24) is 10.2 Å². The molecule has 1 aromatic heterocycles. The first kappa shape index (κ1) is 19.2. The third-order valence-electron chi connectivity index (χ3n) is 5.81. The van der Waals surface area contributed by atoms with Gasteiger partial charge in [0.05, 0.1) is 12.8 Å². The van der Waals surface area contributed by atoms with E-state index in [1.54, 1.807) is 18.2 Å². The van der Waals surface area contributed by atoms with Gasteiger partial charge in [-0.15, -0.1) is 0 Å². The number of hydrogen-bond donors (Lipinski definition) is 1. The Kier molecular flexibility index (Phi) is 5.38. The van der Waals surface area contributed by atoms with Gasteiger partial charge in [0.1, 0.15) is 5.76 Å². The third-order valence-corrected chi connectivity index (χ3v) is 5.81. The van der Waals surface area contributed by atoms with Crippen LogP contribution in [0.5, 0.6) is 0 Å². The number of fused-ring (bicyclic) bond motifs is 1. The zero-order valence-electron chi connectivity index (χ0n) is 16.7. The van der Waals surface area contributed by atoms with Gasteiger partial charge in [-0.05, 0) is 47.7 Å². The molecule has 0 unspecified atom stereocenters. The van der Waals surface area contributed by atoms with E-state index < -0.39 is 0 Å². The molecule has 1 aliphatic rings. The smallest absolute Gasteiger partial charge is 0.222 e. The average Bonchev–Trinajstić information content (AvgIpc) is 3.36. The van der Waals surface area contributed by atoms with Gasteiger partial charge in [0.15, 0.2) is 0 Å². The second kappa shape index (κ2) is 8.11. The van der Waals surface area contributed by atoms with Crippen LogP contribution in [0.15, 0.2) is 65.3 Å². The molecule has 3 aromatic rings. The highest BCUT2D eigenvalue weighted by molar-refractivity contribution is 5.83. The standard InChI is InChI=1S/C24H26N2O3/c1-26(17-21-7-4-14-29-21)23(28)11-13-24(12-10-22(27)25-24)16-18-8-9-19-5-2-3-6-20(19)15-18/h2-9,14-15H,10-13,16-17H2,1H3,(H,25,27)/t24-/m1/s1. The predicted octanol–water partition coefficient (Wildman–Crippen LogP) is 4.06. The second-order valence-electron chi connectivity index (χ2n) is 8.02. The minimum absolute atomic E-state index is 0.0560. The summed E-state index contributed by atoms with van der Waals surface area (Å²) in [5, 5.41) is 5.57. The van der Waals surface area contributed by atoms with Crippen LogP contribution >= 0.6 is 0 Å². The highest BCUT2D eigenvalue weighted by atomic mass is 16.3. The largest absolute Gasteiger partial charge is 0.467 e. The van der Waals surface area contributed by atoms with Crippen molar-refractivity contribution in [1.29, 1.82) is 0 Å². The molecule has 1 aliphatic heterocycles. The lowest BCUT2D eigenvalue weighted by molar-refractivity contribution is -0.131. The van der Waals surface area contributed by atoms with E-state index in [0.717, 1.165) is 18.6 Å². The number of amides is 2. The molecule has 0 aliphatic carbocycles. The molecule has 29 heavy (non-hydrogen) atoms. The van der Waals surface area contributed by atoms with Crippen molar-refractivity contribution < 1.29 is 14.0 Å². The number of carbonyl (C=O) groups excluding carboxylic acids is 2. The minimum atomic E-state index is -0.360. The van der Waals surface area contributed by atoms with Crippen molar-refractivity contribution >= 4 is 22.6 Å². The lowest BCUT2D eigenvalue weighted by Crippen LogP contribution is -2.44. The quantitative estimate of drug-likeness (QED) is 0.662. The number of hydrogen-bond acceptors (Lipinski definition) is 3. The topological polar surface area (TPSA) is 62.6 Å². The number of nitrogens with zero attached hydrogens (tertiary/aromatic N) is 1. The monoisotopic (exact) mass is 390 g/mol. The van der Waals surface area contributed by atoms with E-state index in [4.69, 9.17) is 4.42 Å². The first-order valence-corrected chi connectivity index (χ1v) is 10.1. The molecule has 1 atom stereocenters. The molecule has 4 rings (SSSR count). The first-order chi connectivity index (χ1) is 14.0. The fraction of sp³-hybridized carbons (Fsp3) is 0.333. The Morgan fingerprint density at radius 2 is 1.97 bits per heavy atom. The molecule has 0 saturated carbocycles. The molecular weight excluding hydrogens is 364 g/mol. The maximum Gasteiger partial charge on any atom is 0.222 e. The molecule has 150 valence electrons. The lowest BCUT2D eigenvalue weighted by atomic mass is 9.84. The Hall–Kier alpha value is -3.08. The van der Waals surface area contributed by atoms with Crippen LogP contribution in [-0.2, 0) is 22.6 Å². The Morgan fingerprint density at radius 3 is 2.69 bits per heavy atom. The zero-order chi connectivity index (χ0) is 20.3. The zero-order valence-corrected chi connectivity index (χ0v) is 16.7. The van der Waals surface area contributed by atoms with Gasteiger partial charge < -0.3 is 14.6 Å². The van der Waals surface area contributed by atoms with Crippen LogP contribution in [0.4, 0.5) is 0 Å². The molecular formula is C24H26N2O3. The van der Waals surface area contributed by atoms with E-state index in [0.29, 0.717) is 25.8 Å². The number of benzene rings is 2. The van der Waals surface area contributed by atoms with Crippen molar-refractivity contribution in [2.45, 2.75) is 44.2 Å². The van der Waals surface area contributed by atoms with Gasteiger partial charge in [-0.3, -0.25) is 9.59 Å². The van der Waals surface area contributed by atoms with Gasteiger partial charge in [-0.25, -0.2) is 0 Å². The first-order valence-electron chi connectivity index (χ1n) is 10.1. The number of carbonyl (C=O) groups is 2. The van der Waals surface area contributed by atoms with Crippen LogP contribution in [0, 0.1) is 0 Å². The molecule has 0 bridgehead atoms. The number of nitrogens with one attached hydrogen (secondary N) is 1. The van der Waals surface area contributed by atoms with Crippen LogP contribution in [0.1, 0.15) is 37.0 Å². The van der Waals surface area contributed by atoms with Gasteiger partial charge in [-0.1, -0.05) is 42.5 Å². The highest BCUT2D eigenvalue weighted by Crippen LogP contribution is 2.31. The summed E-state index contributed by atoms with van der Waals surface area (Å²) < 4.78 is 5.33. The molecule has 0 spiro atoms. The normalized spacial score (nSPS) is 18.7. The van der Waals surface area contributed by atoms with Gasteiger partial charge >= 0.3 is 0 Å². The van der Waals surface area contributed by atoms with Gasteiger partial charge in [0.2, 0.25) is 11.8 Å². The predicted molar refractivity (Wildman–Crippen MR) is 112 cm³/mol. The van der Waals surface area contributed by atoms with E-state index in [2.05, 4.69) is 35.6 Å². The number of furan rings is 1. The van der Waals surface area contributed by atoms with Gasteiger partial charge in [0.25, 0.3) is 0 Å². The Bertz CT molecular complexity index is 1010. The van der Waals surface area contributed by atoms with Crippen molar-refractivity contribution in [2.24, 2.45) is 0 Å². The molecule has 5 heteroatoms. The summed E-state index contributed by atoms with van der Waals surface area (Å²) in [6.07, 6.45) is 4.65. The van der Waals surface area contributed by atoms with Crippen LogP contribution < -0.4 is 5.32 Å². The molecule has 2 heterocycles. The fourth-order valence-electron chi connectivity index (χ4n) is 4.18. The van der Waals surface area contributed by atoms with E-state index >= 15 is 0 Å². The molecule has 2 amide bonds. The Balaban J connectivity index is 1.45. The molecule has 0 radical (unpaired) electrons. The van der Waals surface area contributed by atoms with E-state index in [9.17, 15) is 9.59 Å².